The van der Waals surface area contributed by atoms with Gasteiger partial charge in [-0.3, -0.25) is 10.1 Å². The van der Waals surface area contributed by atoms with Crippen molar-refractivity contribution in [1.29, 1.82) is 0 Å². The van der Waals surface area contributed by atoms with Crippen LogP contribution in [0.2, 0.25) is 0 Å². The van der Waals surface area contributed by atoms with Crippen LogP contribution in [0.5, 0.6) is 0 Å². The highest BCUT2D eigenvalue weighted by Gasteiger charge is 2.27. The van der Waals surface area contributed by atoms with E-state index in [0.717, 1.165) is 0 Å². The van der Waals surface area contributed by atoms with Crippen molar-refractivity contribution in [2.24, 2.45) is 0 Å². The van der Waals surface area contributed by atoms with Gasteiger partial charge in [0.05, 0.1) is 12.5 Å². The molecule has 0 aliphatic rings. The zero-order valence-electron chi connectivity index (χ0n) is 9.65. The molecule has 0 aliphatic heterocycles. The number of halogens is 3. The third-order valence-corrected chi connectivity index (χ3v) is 1.83. The Bertz CT molecular complexity index is 269. The average molecular weight is 255 g/mol. The first kappa shape index (κ1) is 15.7. The van der Waals surface area contributed by atoms with Gasteiger partial charge in [-0.1, -0.05) is 0 Å². The lowest BCUT2D eigenvalue weighted by Gasteiger charge is -2.14. The van der Waals surface area contributed by atoms with Crippen LogP contribution < -0.4 is 16.0 Å². The van der Waals surface area contributed by atoms with E-state index in [0.29, 0.717) is 6.54 Å². The molecular formula is C9H16F3N3O2. The maximum Gasteiger partial charge on any atom is 0.390 e. The summed E-state index contributed by atoms with van der Waals surface area (Å²) in [4.78, 5) is 22.2. The summed E-state index contributed by atoms with van der Waals surface area (Å²) in [6, 6.07) is -1.53. The molecule has 0 aromatic rings. The van der Waals surface area contributed by atoms with Crippen LogP contribution in [0.1, 0.15) is 20.3 Å². The van der Waals surface area contributed by atoms with E-state index >= 15 is 0 Å². The lowest BCUT2D eigenvalue weighted by Crippen LogP contribution is -2.48. The second-order valence-electron chi connectivity index (χ2n) is 3.39. The fourth-order valence-electron chi connectivity index (χ4n) is 0.948. The fraction of sp³-hybridized carbons (Fsp3) is 0.778. The molecule has 0 bridgehead atoms. The summed E-state index contributed by atoms with van der Waals surface area (Å²) in [5, 5.41) is 6.70. The number of nitrogens with one attached hydrogen (secondary N) is 3. The third-order valence-electron chi connectivity index (χ3n) is 1.83. The predicted molar refractivity (Wildman–Crippen MR) is 55.4 cm³/mol. The molecule has 0 saturated heterocycles. The molecule has 5 nitrogen and oxygen atoms in total. The van der Waals surface area contributed by atoms with Gasteiger partial charge in [-0.25, -0.2) is 4.79 Å². The topological polar surface area (TPSA) is 70.2 Å². The van der Waals surface area contributed by atoms with Gasteiger partial charge in [0.15, 0.2) is 0 Å². The van der Waals surface area contributed by atoms with Crippen molar-refractivity contribution in [3.8, 4) is 0 Å². The molecule has 3 amide bonds. The summed E-state index contributed by atoms with van der Waals surface area (Å²) >= 11 is 0. The Kier molecular flexibility index (Phi) is 6.55. The summed E-state index contributed by atoms with van der Waals surface area (Å²) in [6.07, 6.45) is -5.28. The number of alkyl halides is 3. The van der Waals surface area contributed by atoms with Crippen LogP contribution >= 0.6 is 0 Å². The van der Waals surface area contributed by atoms with Crippen molar-refractivity contribution in [3.05, 3.63) is 0 Å². The molecule has 0 radical (unpaired) electrons. The summed E-state index contributed by atoms with van der Waals surface area (Å²) in [5.74, 6) is -0.668. The lowest BCUT2D eigenvalue weighted by atomic mass is 10.3. The van der Waals surface area contributed by atoms with Crippen molar-refractivity contribution in [3.63, 3.8) is 0 Å². The lowest BCUT2D eigenvalue weighted by molar-refractivity contribution is -0.135. The molecule has 0 aromatic heterocycles. The van der Waals surface area contributed by atoms with E-state index < -0.39 is 30.6 Å². The van der Waals surface area contributed by atoms with Gasteiger partial charge in [-0.15, -0.1) is 0 Å². The Balaban J connectivity index is 3.86. The van der Waals surface area contributed by atoms with Crippen molar-refractivity contribution in [2.75, 3.05) is 13.1 Å². The Morgan fingerprint density at radius 2 is 1.88 bits per heavy atom. The maximum atomic E-state index is 11.8. The van der Waals surface area contributed by atoms with E-state index in [-0.39, 0.29) is 6.54 Å². The highest BCUT2D eigenvalue weighted by atomic mass is 19.4. The van der Waals surface area contributed by atoms with Crippen LogP contribution in [-0.2, 0) is 4.79 Å². The highest BCUT2D eigenvalue weighted by molar-refractivity contribution is 5.96. The minimum atomic E-state index is -4.26. The standard InChI is InChI=1S/C9H16F3N3O2/c1-3-13-8(17)15-7(16)6(2)14-5-4-9(10,11)12/h6,14H,3-5H2,1-2H3,(H2,13,15,16,17). The molecule has 0 saturated carbocycles. The number of carbonyl (C=O) groups excluding carboxylic acids is 2. The molecule has 100 valence electrons. The van der Waals surface area contributed by atoms with Crippen molar-refractivity contribution in [2.45, 2.75) is 32.5 Å². The molecule has 0 aliphatic carbocycles. The van der Waals surface area contributed by atoms with Crippen molar-refractivity contribution < 1.29 is 22.8 Å². The van der Waals surface area contributed by atoms with Gasteiger partial charge in [0.25, 0.3) is 0 Å². The van der Waals surface area contributed by atoms with Crippen LogP contribution in [0.15, 0.2) is 0 Å². The van der Waals surface area contributed by atoms with Gasteiger partial charge in [-0.05, 0) is 13.8 Å². The molecular weight excluding hydrogens is 239 g/mol. The second kappa shape index (κ2) is 7.10. The van der Waals surface area contributed by atoms with Crippen LogP contribution in [0, 0.1) is 0 Å². The Morgan fingerprint density at radius 3 is 2.35 bits per heavy atom. The monoisotopic (exact) mass is 255 g/mol. The first-order chi connectivity index (χ1) is 7.76. The van der Waals surface area contributed by atoms with Gasteiger partial charge in [0.2, 0.25) is 5.91 Å². The summed E-state index contributed by atoms with van der Waals surface area (Å²) in [7, 11) is 0. The number of imide groups is 1. The minimum absolute atomic E-state index is 0.356. The molecule has 0 fully saturated rings. The van der Waals surface area contributed by atoms with E-state index in [1.54, 1.807) is 6.92 Å². The number of hydrogen-bond acceptors (Lipinski definition) is 3. The normalized spacial score (nSPS) is 13.0. The molecule has 1 atom stereocenters. The first-order valence-corrected chi connectivity index (χ1v) is 5.15. The molecule has 8 heteroatoms. The van der Waals surface area contributed by atoms with E-state index in [9.17, 15) is 22.8 Å². The largest absolute Gasteiger partial charge is 0.390 e. The number of rotatable bonds is 5. The number of hydrogen-bond donors (Lipinski definition) is 3. The molecule has 3 N–H and O–H groups in total. The first-order valence-electron chi connectivity index (χ1n) is 5.15. The molecule has 0 spiro atoms. The number of urea groups is 1. The van der Waals surface area contributed by atoms with Gasteiger partial charge < -0.3 is 10.6 Å². The van der Waals surface area contributed by atoms with Gasteiger partial charge in [-0.2, -0.15) is 13.2 Å². The molecule has 1 unspecified atom stereocenters. The SMILES string of the molecule is CCNC(=O)NC(=O)C(C)NCCC(F)(F)F. The summed E-state index contributed by atoms with van der Waals surface area (Å²) < 4.78 is 35.4. The van der Waals surface area contributed by atoms with E-state index in [4.69, 9.17) is 0 Å². The van der Waals surface area contributed by atoms with E-state index in [2.05, 4.69) is 10.6 Å². The highest BCUT2D eigenvalue weighted by Crippen LogP contribution is 2.18. The van der Waals surface area contributed by atoms with Crippen LogP contribution in [0.25, 0.3) is 0 Å². The molecule has 17 heavy (non-hydrogen) atoms. The number of carbonyl (C=O) groups is 2. The van der Waals surface area contributed by atoms with E-state index in [1.165, 1.54) is 6.92 Å². The smallest absolute Gasteiger partial charge is 0.338 e. The average Bonchev–Trinajstić information content (AvgIpc) is 2.15. The fourth-order valence-corrected chi connectivity index (χ4v) is 0.948. The summed E-state index contributed by atoms with van der Waals surface area (Å²) in [5.41, 5.74) is 0. The van der Waals surface area contributed by atoms with Crippen molar-refractivity contribution in [1.82, 2.24) is 16.0 Å². The maximum absolute atomic E-state index is 11.8. The van der Waals surface area contributed by atoms with Crippen LogP contribution in [0.3, 0.4) is 0 Å². The van der Waals surface area contributed by atoms with Gasteiger partial charge in [0, 0.05) is 13.1 Å². The minimum Gasteiger partial charge on any atom is -0.338 e. The Morgan fingerprint density at radius 1 is 1.29 bits per heavy atom. The van der Waals surface area contributed by atoms with Crippen LogP contribution in [0.4, 0.5) is 18.0 Å². The van der Waals surface area contributed by atoms with Gasteiger partial charge in [0.1, 0.15) is 0 Å². The van der Waals surface area contributed by atoms with Gasteiger partial charge >= 0.3 is 12.2 Å². The predicted octanol–water partition coefficient (Wildman–Crippen LogP) is 0.763. The third kappa shape index (κ3) is 8.49. The zero-order chi connectivity index (χ0) is 13.5. The van der Waals surface area contributed by atoms with E-state index in [1.807, 2.05) is 5.32 Å². The molecule has 0 heterocycles. The Hall–Kier alpha value is -1.31. The zero-order valence-corrected chi connectivity index (χ0v) is 9.65. The number of amides is 3. The quantitative estimate of drug-likeness (QED) is 0.679. The molecule has 0 rings (SSSR count). The Labute approximate surface area is 97.1 Å². The summed E-state index contributed by atoms with van der Waals surface area (Å²) in [6.45, 7) is 3.04. The van der Waals surface area contributed by atoms with Crippen LogP contribution in [-0.4, -0.2) is 37.2 Å². The molecule has 0 aromatic carbocycles. The second-order valence-corrected chi connectivity index (χ2v) is 3.39. The van der Waals surface area contributed by atoms with Crippen molar-refractivity contribution >= 4 is 11.9 Å².